The van der Waals surface area contributed by atoms with Crippen LogP contribution < -0.4 is 10.4 Å². The van der Waals surface area contributed by atoms with Gasteiger partial charge in [-0.15, -0.1) is 0 Å². The Balaban J connectivity index is 2.98. The zero-order valence-corrected chi connectivity index (χ0v) is 27.3. The van der Waals surface area contributed by atoms with E-state index in [2.05, 4.69) is 71.0 Å². The highest BCUT2D eigenvalue weighted by Crippen LogP contribution is 2.35. The highest BCUT2D eigenvalue weighted by molar-refractivity contribution is 7.00. The summed E-state index contributed by atoms with van der Waals surface area (Å²) in [6, 6.07) is 10.6. The topological polar surface area (TPSA) is 76.0 Å². The van der Waals surface area contributed by atoms with Gasteiger partial charge in [0.05, 0.1) is 6.10 Å². The van der Waals surface area contributed by atoms with Crippen LogP contribution in [0, 0.1) is 0 Å². The lowest BCUT2D eigenvalue weighted by Crippen LogP contribution is -2.50. The molecule has 2 rings (SSSR count). The molecule has 7 heteroatoms. The first-order chi connectivity index (χ1) is 17.1. The molecule has 0 unspecified atom stereocenters. The number of isocyanates is 1. The molecule has 0 aliphatic rings. The van der Waals surface area contributed by atoms with Gasteiger partial charge in [0.2, 0.25) is 14.3 Å². The third kappa shape index (κ3) is 6.82. The second-order valence-electron chi connectivity index (χ2n) is 13.5. The van der Waals surface area contributed by atoms with Crippen molar-refractivity contribution in [3.63, 3.8) is 0 Å². The molecule has 2 aromatic carbocycles. The smallest absolute Gasteiger partial charge is 0.329 e. The van der Waals surface area contributed by atoms with Crippen molar-refractivity contribution in [3.05, 3.63) is 53.2 Å². The van der Waals surface area contributed by atoms with Crippen molar-refractivity contribution in [1.29, 1.82) is 0 Å². The highest BCUT2D eigenvalue weighted by Gasteiger charge is 2.39. The SMILES string of the molecule is C=C(C(=O)OC(C)C)[Si](C)(C)c1cc(-c2cc(C(C)(C)C)cc(C(C)(C)C)c2)cc([Si](C)(C)N=C=O)c1O. The van der Waals surface area contributed by atoms with E-state index in [4.69, 9.17) is 4.74 Å². The lowest BCUT2D eigenvalue weighted by molar-refractivity contribution is -0.141. The highest BCUT2D eigenvalue weighted by atomic mass is 28.3. The summed E-state index contributed by atoms with van der Waals surface area (Å²) in [6.45, 7) is 28.7. The maximum absolute atomic E-state index is 12.9. The van der Waals surface area contributed by atoms with E-state index in [1.165, 1.54) is 11.1 Å². The Morgan fingerprint density at radius 3 is 1.76 bits per heavy atom. The average Bonchev–Trinajstić information content (AvgIpc) is 2.76. The average molecular weight is 552 g/mol. The van der Waals surface area contributed by atoms with E-state index in [0.29, 0.717) is 15.6 Å². The summed E-state index contributed by atoms with van der Waals surface area (Å²) in [7, 11) is -5.55. The summed E-state index contributed by atoms with van der Waals surface area (Å²) in [5.41, 5.74) is 4.20. The van der Waals surface area contributed by atoms with Crippen molar-refractivity contribution >= 4 is 38.7 Å². The lowest BCUT2D eigenvalue weighted by Gasteiger charge is -2.30. The fourth-order valence-corrected chi connectivity index (χ4v) is 8.12. The summed E-state index contributed by atoms with van der Waals surface area (Å²) in [5.74, 6) is -0.363. The molecule has 38 heavy (non-hydrogen) atoms. The van der Waals surface area contributed by atoms with E-state index in [9.17, 15) is 14.7 Å². The van der Waals surface area contributed by atoms with Gasteiger partial charge < -0.3 is 9.84 Å². The van der Waals surface area contributed by atoms with Crippen LogP contribution in [0.15, 0.2) is 46.8 Å². The molecule has 0 radical (unpaired) electrons. The van der Waals surface area contributed by atoms with Gasteiger partial charge in [-0.25, -0.2) is 14.2 Å². The van der Waals surface area contributed by atoms with Crippen molar-refractivity contribution in [2.75, 3.05) is 0 Å². The normalized spacial score (nSPS) is 12.8. The third-order valence-electron chi connectivity index (χ3n) is 7.11. The number of carbonyl (C=O) groups is 1. The number of hydrogen-bond acceptors (Lipinski definition) is 5. The van der Waals surface area contributed by atoms with Gasteiger partial charge in [0, 0.05) is 10.4 Å². The zero-order valence-electron chi connectivity index (χ0n) is 25.3. The van der Waals surface area contributed by atoms with Gasteiger partial charge in [0.1, 0.15) is 13.8 Å². The van der Waals surface area contributed by atoms with Gasteiger partial charge in [0.15, 0.2) is 0 Å². The maximum atomic E-state index is 12.9. The Hall–Kier alpha value is -2.74. The third-order valence-corrected chi connectivity index (χ3v) is 12.9. The van der Waals surface area contributed by atoms with Gasteiger partial charge in [-0.3, -0.25) is 0 Å². The number of phenolic OH excluding ortho intramolecular Hbond substituents is 1. The summed E-state index contributed by atoms with van der Waals surface area (Å²) in [5, 5.41) is 13.3. The monoisotopic (exact) mass is 551 g/mol. The molecule has 0 aliphatic carbocycles. The van der Waals surface area contributed by atoms with Crippen LogP contribution in [0.5, 0.6) is 5.75 Å². The van der Waals surface area contributed by atoms with Crippen LogP contribution in [-0.2, 0) is 25.2 Å². The molecule has 0 saturated heterocycles. The minimum absolute atomic E-state index is 0.0721. The van der Waals surface area contributed by atoms with E-state index >= 15 is 0 Å². The van der Waals surface area contributed by atoms with E-state index < -0.39 is 22.3 Å². The minimum Gasteiger partial charge on any atom is -0.508 e. The van der Waals surface area contributed by atoms with Crippen molar-refractivity contribution < 1.29 is 19.4 Å². The fourth-order valence-electron chi connectivity index (χ4n) is 4.28. The van der Waals surface area contributed by atoms with Crippen LogP contribution in [0.1, 0.15) is 66.5 Å². The molecule has 0 saturated carbocycles. The molecule has 0 fully saturated rings. The van der Waals surface area contributed by atoms with Crippen LogP contribution in [-0.4, -0.2) is 39.6 Å². The molecule has 0 aliphatic heterocycles. The number of benzene rings is 2. The maximum Gasteiger partial charge on any atom is 0.329 e. The molecule has 1 N–H and O–H groups in total. The number of ether oxygens (including phenoxy) is 1. The molecular formula is C31H45NO4Si2. The van der Waals surface area contributed by atoms with Crippen LogP contribution in [0.2, 0.25) is 26.2 Å². The first-order valence-corrected chi connectivity index (χ1v) is 19.1. The van der Waals surface area contributed by atoms with Gasteiger partial charge in [-0.1, -0.05) is 85.5 Å². The van der Waals surface area contributed by atoms with Gasteiger partial charge >= 0.3 is 5.97 Å². The summed E-state index contributed by atoms with van der Waals surface area (Å²) in [6.07, 6.45) is 1.44. The van der Waals surface area contributed by atoms with Crippen molar-refractivity contribution in [2.24, 2.45) is 4.66 Å². The molecule has 0 aromatic heterocycles. The largest absolute Gasteiger partial charge is 0.508 e. The number of phenols is 1. The second-order valence-corrected chi connectivity index (χ2v) is 21.8. The number of hydrogen-bond donors (Lipinski definition) is 1. The first-order valence-electron chi connectivity index (χ1n) is 13.2. The van der Waals surface area contributed by atoms with E-state index in [1.807, 2.05) is 38.3 Å². The molecule has 2 aromatic rings. The van der Waals surface area contributed by atoms with Crippen LogP contribution in [0.4, 0.5) is 0 Å². The quantitative estimate of drug-likeness (QED) is 0.143. The van der Waals surface area contributed by atoms with Gasteiger partial charge in [-0.05, 0) is 71.3 Å². The zero-order chi connectivity index (χ0) is 29.4. The molecule has 0 bridgehead atoms. The molecule has 206 valence electrons. The molecule has 0 atom stereocenters. The Morgan fingerprint density at radius 1 is 0.895 bits per heavy atom. The number of nitrogens with zero attached hydrogens (tertiary/aromatic N) is 1. The van der Waals surface area contributed by atoms with Crippen LogP contribution >= 0.6 is 0 Å². The Labute approximate surface area is 231 Å². The number of esters is 1. The standard InChI is InChI=1S/C31H45NO4Si2/c1-20(2)36-29(35)21(3)37(10,11)26-16-23(17-27(28(26)34)38(12,13)32-19-33)22-14-24(30(4,5)6)18-25(15-22)31(7,8)9/h14-18,20,34H,3H2,1-2,4-13H3. The number of rotatable bonds is 7. The molecule has 5 nitrogen and oxygen atoms in total. The molecule has 0 heterocycles. The fraction of sp³-hybridized carbons (Fsp3) is 0.484. The van der Waals surface area contributed by atoms with Crippen LogP contribution in [0.25, 0.3) is 11.1 Å². The minimum atomic E-state index is -2.79. The molecule has 0 amide bonds. The first kappa shape index (κ1) is 31.5. The Morgan fingerprint density at radius 2 is 1.34 bits per heavy atom. The van der Waals surface area contributed by atoms with Gasteiger partial charge in [0.25, 0.3) is 0 Å². The van der Waals surface area contributed by atoms with E-state index in [0.717, 1.165) is 11.1 Å². The molecule has 0 spiro atoms. The van der Waals surface area contributed by atoms with Gasteiger partial charge in [-0.2, -0.15) is 0 Å². The van der Waals surface area contributed by atoms with E-state index in [-0.39, 0.29) is 22.7 Å². The number of carbonyl (C=O) groups excluding carboxylic acids is 2. The Kier molecular flexibility index (Phi) is 8.94. The summed E-state index contributed by atoms with van der Waals surface area (Å²) >= 11 is 0. The Bertz CT molecular complexity index is 1260. The van der Waals surface area contributed by atoms with Crippen molar-refractivity contribution in [2.45, 2.75) is 98.5 Å². The molecular weight excluding hydrogens is 507 g/mol. The van der Waals surface area contributed by atoms with Crippen molar-refractivity contribution in [3.8, 4) is 16.9 Å². The lowest BCUT2D eigenvalue weighted by atomic mass is 9.79. The number of aromatic hydroxyl groups is 1. The summed E-state index contributed by atoms with van der Waals surface area (Å²) in [4.78, 5) is 24.3. The second kappa shape index (κ2) is 10.8. The van der Waals surface area contributed by atoms with Crippen molar-refractivity contribution in [1.82, 2.24) is 0 Å². The predicted octanol–water partition coefficient (Wildman–Crippen LogP) is 6.36. The predicted molar refractivity (Wildman–Crippen MR) is 164 cm³/mol. The van der Waals surface area contributed by atoms with Crippen LogP contribution in [0.3, 0.4) is 0 Å². The summed E-state index contributed by atoms with van der Waals surface area (Å²) < 4.78 is 9.62. The van der Waals surface area contributed by atoms with E-state index in [1.54, 1.807) is 19.9 Å².